The summed E-state index contributed by atoms with van der Waals surface area (Å²) in [5.41, 5.74) is 1.31. The van der Waals surface area contributed by atoms with Crippen molar-refractivity contribution in [2.24, 2.45) is 11.8 Å². The normalized spacial score (nSPS) is 11.3. The predicted octanol–water partition coefficient (Wildman–Crippen LogP) is 3.57. The molecule has 0 aliphatic heterocycles. The molecule has 1 aromatic rings. The highest BCUT2D eigenvalue weighted by Crippen LogP contribution is 2.34. The van der Waals surface area contributed by atoms with Crippen LogP contribution in [0.3, 0.4) is 0 Å². The van der Waals surface area contributed by atoms with Crippen LogP contribution in [0.4, 0.5) is 0 Å². The molecule has 0 unspecified atom stereocenters. The van der Waals surface area contributed by atoms with E-state index in [0.717, 1.165) is 5.56 Å². The lowest BCUT2D eigenvalue weighted by Crippen LogP contribution is -2.14. The van der Waals surface area contributed by atoms with E-state index in [9.17, 15) is 9.90 Å². The van der Waals surface area contributed by atoms with Gasteiger partial charge in [-0.3, -0.25) is 0 Å². The summed E-state index contributed by atoms with van der Waals surface area (Å²) in [5.74, 6) is 0.770. The zero-order valence-corrected chi connectivity index (χ0v) is 11.7. The predicted molar refractivity (Wildman–Crippen MR) is 71.9 cm³/mol. The van der Waals surface area contributed by atoms with Gasteiger partial charge in [-0.25, -0.2) is 4.79 Å². The van der Waals surface area contributed by atoms with E-state index in [4.69, 9.17) is 0 Å². The number of ether oxygens (including phenoxy) is 1. The molecule has 0 radical (unpaired) electrons. The van der Waals surface area contributed by atoms with E-state index in [1.807, 2.05) is 6.07 Å². The number of benzene rings is 1. The maximum atomic E-state index is 11.6. The molecule has 1 rings (SSSR count). The number of carbonyl (C=O) groups is 1. The largest absolute Gasteiger partial charge is 0.507 e. The minimum atomic E-state index is -0.499. The van der Waals surface area contributed by atoms with Crippen LogP contribution in [-0.4, -0.2) is 18.2 Å². The Morgan fingerprint density at radius 1 is 1.17 bits per heavy atom. The summed E-state index contributed by atoms with van der Waals surface area (Å²) in [5, 5.41) is 9.69. The van der Waals surface area contributed by atoms with E-state index in [0.29, 0.717) is 17.8 Å². The Hall–Kier alpha value is -1.51. The molecule has 1 aromatic carbocycles. The molecule has 100 valence electrons. The van der Waals surface area contributed by atoms with Gasteiger partial charge >= 0.3 is 5.97 Å². The molecule has 0 amide bonds. The second-order valence-corrected chi connectivity index (χ2v) is 5.28. The number of phenols is 1. The number of phenolic OH excluding ortho intramolecular Hbond substituents is 1. The molecule has 0 saturated heterocycles. The van der Waals surface area contributed by atoms with E-state index in [-0.39, 0.29) is 11.3 Å². The summed E-state index contributed by atoms with van der Waals surface area (Å²) < 4.78 is 4.67. The highest BCUT2D eigenvalue weighted by Gasteiger charge is 2.22. The molecule has 0 aromatic heterocycles. The van der Waals surface area contributed by atoms with Crippen LogP contribution in [0.25, 0.3) is 0 Å². The Balaban J connectivity index is 3.22. The zero-order valence-electron chi connectivity index (χ0n) is 11.7. The van der Waals surface area contributed by atoms with Crippen molar-refractivity contribution in [2.45, 2.75) is 33.6 Å². The number of rotatable bonds is 4. The number of methoxy groups -OCH3 is 1. The van der Waals surface area contributed by atoms with E-state index in [1.54, 1.807) is 12.1 Å². The fourth-order valence-electron chi connectivity index (χ4n) is 2.57. The molecule has 0 bridgehead atoms. The summed E-state index contributed by atoms with van der Waals surface area (Å²) in [4.78, 5) is 11.6. The van der Waals surface area contributed by atoms with Gasteiger partial charge in [0.2, 0.25) is 0 Å². The molecule has 18 heavy (non-hydrogen) atoms. The van der Waals surface area contributed by atoms with Crippen molar-refractivity contribution < 1.29 is 14.6 Å². The highest BCUT2D eigenvalue weighted by molar-refractivity contribution is 5.92. The molecule has 0 aliphatic carbocycles. The molecule has 0 spiro atoms. The summed E-state index contributed by atoms with van der Waals surface area (Å²) >= 11 is 0. The van der Waals surface area contributed by atoms with Crippen LogP contribution in [0.2, 0.25) is 0 Å². The summed E-state index contributed by atoms with van der Waals surface area (Å²) in [6, 6.07) is 5.19. The van der Waals surface area contributed by atoms with Gasteiger partial charge in [-0.15, -0.1) is 0 Å². The number of esters is 1. The lowest BCUT2D eigenvalue weighted by atomic mass is 9.79. The van der Waals surface area contributed by atoms with Gasteiger partial charge in [0.05, 0.1) is 7.11 Å². The van der Waals surface area contributed by atoms with Crippen LogP contribution in [-0.2, 0) is 4.74 Å². The van der Waals surface area contributed by atoms with Gasteiger partial charge in [-0.1, -0.05) is 33.8 Å². The maximum absolute atomic E-state index is 11.6. The fourth-order valence-corrected chi connectivity index (χ4v) is 2.57. The first-order valence-electron chi connectivity index (χ1n) is 6.29. The SMILES string of the molecule is COC(=O)c1cc(C(C(C)C)C(C)C)ccc1O. The van der Waals surface area contributed by atoms with Crippen molar-refractivity contribution in [3.8, 4) is 5.75 Å². The molecule has 0 atom stereocenters. The standard InChI is InChI=1S/C15H22O3/c1-9(2)14(10(3)4)11-6-7-13(16)12(8-11)15(17)18-5/h6-10,14,16H,1-5H3. The molecule has 0 fully saturated rings. The van der Waals surface area contributed by atoms with E-state index in [2.05, 4.69) is 32.4 Å². The first kappa shape index (κ1) is 14.6. The van der Waals surface area contributed by atoms with Crippen LogP contribution >= 0.6 is 0 Å². The Labute approximate surface area is 109 Å². The van der Waals surface area contributed by atoms with Crippen LogP contribution in [0.5, 0.6) is 5.75 Å². The Morgan fingerprint density at radius 3 is 2.17 bits per heavy atom. The van der Waals surface area contributed by atoms with Gasteiger partial charge in [0.25, 0.3) is 0 Å². The summed E-state index contributed by atoms with van der Waals surface area (Å²) in [6.07, 6.45) is 0. The van der Waals surface area contributed by atoms with Crippen LogP contribution in [0.15, 0.2) is 18.2 Å². The second kappa shape index (κ2) is 5.89. The third-order valence-electron chi connectivity index (χ3n) is 3.25. The number of carbonyl (C=O) groups excluding carboxylic acids is 1. The fraction of sp³-hybridized carbons (Fsp3) is 0.533. The first-order chi connectivity index (χ1) is 8.38. The van der Waals surface area contributed by atoms with Crippen molar-refractivity contribution in [3.63, 3.8) is 0 Å². The van der Waals surface area contributed by atoms with Gasteiger partial charge in [-0.05, 0) is 35.4 Å². The second-order valence-electron chi connectivity index (χ2n) is 5.28. The Kier molecular flexibility index (Phi) is 4.76. The molecular weight excluding hydrogens is 228 g/mol. The molecule has 0 saturated carbocycles. The van der Waals surface area contributed by atoms with Gasteiger partial charge in [0.15, 0.2) is 0 Å². The molecular formula is C15H22O3. The minimum absolute atomic E-state index is 0.0307. The minimum Gasteiger partial charge on any atom is -0.507 e. The van der Waals surface area contributed by atoms with Gasteiger partial charge in [0.1, 0.15) is 11.3 Å². The Bertz CT molecular complexity index is 414. The van der Waals surface area contributed by atoms with E-state index >= 15 is 0 Å². The van der Waals surface area contributed by atoms with Crippen molar-refractivity contribution in [1.29, 1.82) is 0 Å². The van der Waals surface area contributed by atoms with Crippen molar-refractivity contribution in [3.05, 3.63) is 29.3 Å². The van der Waals surface area contributed by atoms with Crippen LogP contribution < -0.4 is 0 Å². The average Bonchev–Trinajstić information content (AvgIpc) is 2.29. The molecule has 1 N–H and O–H groups in total. The van der Waals surface area contributed by atoms with Crippen LogP contribution in [0.1, 0.15) is 49.5 Å². The quantitative estimate of drug-likeness (QED) is 0.831. The summed E-state index contributed by atoms with van der Waals surface area (Å²) in [7, 11) is 1.32. The molecule has 0 heterocycles. The van der Waals surface area contributed by atoms with Crippen molar-refractivity contribution in [1.82, 2.24) is 0 Å². The van der Waals surface area contributed by atoms with E-state index < -0.39 is 5.97 Å². The third-order valence-corrected chi connectivity index (χ3v) is 3.25. The zero-order chi connectivity index (χ0) is 13.9. The first-order valence-corrected chi connectivity index (χ1v) is 6.29. The van der Waals surface area contributed by atoms with Crippen LogP contribution in [0, 0.1) is 11.8 Å². The molecule has 0 aliphatic rings. The number of aromatic hydroxyl groups is 1. The lowest BCUT2D eigenvalue weighted by Gasteiger charge is -2.25. The molecule has 3 nitrogen and oxygen atoms in total. The monoisotopic (exact) mass is 250 g/mol. The topological polar surface area (TPSA) is 46.5 Å². The van der Waals surface area contributed by atoms with Gasteiger partial charge in [0, 0.05) is 0 Å². The van der Waals surface area contributed by atoms with Crippen molar-refractivity contribution >= 4 is 5.97 Å². The lowest BCUT2D eigenvalue weighted by molar-refractivity contribution is 0.0597. The smallest absolute Gasteiger partial charge is 0.341 e. The van der Waals surface area contributed by atoms with Gasteiger partial charge < -0.3 is 9.84 Å². The highest BCUT2D eigenvalue weighted by atomic mass is 16.5. The van der Waals surface area contributed by atoms with Crippen molar-refractivity contribution in [2.75, 3.05) is 7.11 Å². The molecule has 3 heteroatoms. The Morgan fingerprint density at radius 2 is 1.72 bits per heavy atom. The maximum Gasteiger partial charge on any atom is 0.341 e. The number of hydrogen-bond donors (Lipinski definition) is 1. The number of hydrogen-bond acceptors (Lipinski definition) is 3. The van der Waals surface area contributed by atoms with E-state index in [1.165, 1.54) is 7.11 Å². The van der Waals surface area contributed by atoms with Gasteiger partial charge in [-0.2, -0.15) is 0 Å². The third kappa shape index (κ3) is 3.03. The summed E-state index contributed by atoms with van der Waals surface area (Å²) in [6.45, 7) is 8.65. The average molecular weight is 250 g/mol.